The fraction of sp³-hybridized carbons (Fsp3) is 0.757. The second-order valence-electron chi connectivity index (χ2n) is 24.5. The van der Waals surface area contributed by atoms with E-state index in [2.05, 4.69) is 111 Å². The van der Waals surface area contributed by atoms with Gasteiger partial charge < -0.3 is 18.9 Å². The van der Waals surface area contributed by atoms with Gasteiger partial charge in [-0.1, -0.05) is 297 Å². The Hall–Kier alpha value is -3.07. The Morgan fingerprint density at radius 2 is 0.679 bits per heavy atom. The number of carbonyl (C=O) groups excluding carboxylic acids is 2. The molecule has 0 rings (SSSR count). The fourth-order valence-electron chi connectivity index (χ4n) is 9.76. The number of phosphoric ester groups is 1. The lowest BCUT2D eigenvalue weighted by Crippen LogP contribution is -2.37. The molecular weight excluding hydrogens is 1060 g/mol. The first kappa shape index (κ1) is 80.9. The molecule has 0 aliphatic carbocycles. The highest BCUT2D eigenvalue weighted by Gasteiger charge is 2.27. The van der Waals surface area contributed by atoms with Crippen molar-refractivity contribution in [2.24, 2.45) is 0 Å². The Morgan fingerprint density at radius 1 is 0.381 bits per heavy atom. The molecule has 1 N–H and O–H groups in total. The summed E-state index contributed by atoms with van der Waals surface area (Å²) >= 11 is 0. The molecule has 0 fully saturated rings. The molecule has 0 aliphatic heterocycles. The number of nitrogens with zero attached hydrogens (tertiary/aromatic N) is 1. The highest BCUT2D eigenvalue weighted by atomic mass is 31.2. The number of esters is 2. The molecule has 0 saturated heterocycles. The van der Waals surface area contributed by atoms with Crippen LogP contribution in [-0.4, -0.2) is 74.9 Å². The van der Waals surface area contributed by atoms with Crippen molar-refractivity contribution in [1.29, 1.82) is 0 Å². The lowest BCUT2D eigenvalue weighted by molar-refractivity contribution is -0.870. The largest absolute Gasteiger partial charge is 0.472 e. The highest BCUT2D eigenvalue weighted by Crippen LogP contribution is 2.43. The van der Waals surface area contributed by atoms with Crippen LogP contribution in [0.25, 0.3) is 0 Å². The van der Waals surface area contributed by atoms with Gasteiger partial charge in [0.05, 0.1) is 27.7 Å². The monoisotopic (exact) mass is 1190 g/mol. The first-order valence-electron chi connectivity index (χ1n) is 35.0. The van der Waals surface area contributed by atoms with Crippen LogP contribution in [0, 0.1) is 0 Å². The predicted molar refractivity (Wildman–Crippen MR) is 362 cm³/mol. The van der Waals surface area contributed by atoms with Crippen LogP contribution in [0.4, 0.5) is 0 Å². The molecule has 0 spiro atoms. The Morgan fingerprint density at radius 3 is 1.02 bits per heavy atom. The molecule has 84 heavy (non-hydrogen) atoms. The van der Waals surface area contributed by atoms with Crippen LogP contribution in [-0.2, 0) is 32.7 Å². The standard InChI is InChI=1S/C74H132NO8P/c1-6-8-10-12-14-16-18-20-22-24-26-27-28-29-30-31-32-33-34-35-36-37-38-39-40-41-42-43-44-45-46-47-49-50-52-54-56-58-60-62-64-66-73(76)80-70-72(71-82-84(78,79)81-69-68-75(3,4)5)83-74(77)67-65-63-61-59-57-55-53-51-48-25-23-21-19-17-15-13-11-9-7-2/h9,11,15,17-18,20-21,23-24,26,28-29,48,51,55,57,72H,6-8,10,12-14,16,19,22,25,27,30-47,49-50,52-54,56,58-71H2,1-5H3/p+1/b11-9-,17-15-,20-18-,23-21-,26-24-,29-28-,51-48-,57-55-. The van der Waals surface area contributed by atoms with Crippen molar-refractivity contribution in [3.05, 3.63) is 97.2 Å². The number of rotatable bonds is 64. The van der Waals surface area contributed by atoms with Crippen molar-refractivity contribution in [2.75, 3.05) is 47.5 Å². The molecule has 9 nitrogen and oxygen atoms in total. The van der Waals surface area contributed by atoms with E-state index in [-0.39, 0.29) is 32.0 Å². The molecule has 2 unspecified atom stereocenters. The van der Waals surface area contributed by atoms with Crippen LogP contribution in [0.2, 0.25) is 0 Å². The second-order valence-corrected chi connectivity index (χ2v) is 26.0. The van der Waals surface area contributed by atoms with E-state index in [0.29, 0.717) is 17.4 Å². The number of ether oxygens (including phenoxy) is 2. The predicted octanol–water partition coefficient (Wildman–Crippen LogP) is 22.7. The summed E-state index contributed by atoms with van der Waals surface area (Å²) in [6.45, 7) is 4.29. The van der Waals surface area contributed by atoms with E-state index in [4.69, 9.17) is 18.5 Å². The van der Waals surface area contributed by atoms with E-state index in [0.717, 1.165) is 83.5 Å². The number of carbonyl (C=O) groups is 2. The molecule has 0 radical (unpaired) electrons. The molecule has 2 atom stereocenters. The number of phosphoric acid groups is 1. The first-order valence-corrected chi connectivity index (χ1v) is 36.5. The third-order valence-electron chi connectivity index (χ3n) is 15.1. The van der Waals surface area contributed by atoms with Gasteiger partial charge in [-0.25, -0.2) is 4.57 Å². The van der Waals surface area contributed by atoms with Crippen molar-refractivity contribution in [3.8, 4) is 0 Å². The van der Waals surface area contributed by atoms with Gasteiger partial charge in [0, 0.05) is 12.8 Å². The average Bonchev–Trinajstić information content (AvgIpc) is 3.61. The summed E-state index contributed by atoms with van der Waals surface area (Å²) < 4.78 is 34.6. The quantitative estimate of drug-likeness (QED) is 0.0211. The van der Waals surface area contributed by atoms with Crippen LogP contribution in [0.1, 0.15) is 309 Å². The number of allylic oxidation sites excluding steroid dienone is 16. The SMILES string of the molecule is CC/C=C\C/C=C\C/C=C\C/C=C\C/C=C\CCCCCC(=O)OC(COC(=O)CCCCCCCCCCCCCCCCCCCCCCCCCCCC/C=C\C/C=C\C/C=C\CCCCCCC)COP(=O)(O)OCC[N+](C)(C)C. The summed E-state index contributed by atoms with van der Waals surface area (Å²) in [4.78, 5) is 35.8. The second kappa shape index (κ2) is 64.4. The summed E-state index contributed by atoms with van der Waals surface area (Å²) in [6, 6.07) is 0. The maximum Gasteiger partial charge on any atom is 0.472 e. The van der Waals surface area contributed by atoms with Crippen molar-refractivity contribution < 1.29 is 42.1 Å². The molecular formula is C74H133NO8P+. The van der Waals surface area contributed by atoms with Gasteiger partial charge >= 0.3 is 19.8 Å². The number of hydrogen-bond acceptors (Lipinski definition) is 7. The zero-order valence-corrected chi connectivity index (χ0v) is 56.3. The fourth-order valence-corrected chi connectivity index (χ4v) is 10.5. The summed E-state index contributed by atoms with van der Waals surface area (Å²) in [7, 11) is 1.45. The van der Waals surface area contributed by atoms with Crippen molar-refractivity contribution in [2.45, 2.75) is 315 Å². The smallest absolute Gasteiger partial charge is 0.462 e. The Balaban J connectivity index is 3.93. The Kier molecular flexibility index (Phi) is 62.1. The average molecular weight is 1200 g/mol. The Labute approximate surface area is 519 Å². The van der Waals surface area contributed by atoms with Gasteiger partial charge in [0.1, 0.15) is 19.8 Å². The first-order chi connectivity index (χ1) is 41.0. The number of unbranched alkanes of at least 4 members (excludes halogenated alkanes) is 34. The maximum absolute atomic E-state index is 12.8. The van der Waals surface area contributed by atoms with Gasteiger partial charge in [-0.15, -0.1) is 0 Å². The van der Waals surface area contributed by atoms with Gasteiger partial charge in [0.2, 0.25) is 0 Å². The summed E-state index contributed by atoms with van der Waals surface area (Å²) in [5, 5.41) is 0. The number of quaternary nitrogens is 1. The van der Waals surface area contributed by atoms with E-state index in [1.807, 2.05) is 21.1 Å². The van der Waals surface area contributed by atoms with E-state index in [9.17, 15) is 19.0 Å². The third kappa shape index (κ3) is 68.0. The molecule has 0 heterocycles. The molecule has 0 aromatic carbocycles. The van der Waals surface area contributed by atoms with Gasteiger partial charge in [-0.05, 0) is 96.3 Å². The molecule has 0 saturated carbocycles. The molecule has 486 valence electrons. The summed E-state index contributed by atoms with van der Waals surface area (Å²) in [6.07, 6.45) is 89.7. The van der Waals surface area contributed by atoms with Crippen LogP contribution in [0.15, 0.2) is 97.2 Å². The molecule has 0 aromatic heterocycles. The minimum atomic E-state index is -4.40. The minimum absolute atomic E-state index is 0.0222. The van der Waals surface area contributed by atoms with Crippen LogP contribution < -0.4 is 0 Å². The van der Waals surface area contributed by atoms with Crippen molar-refractivity contribution in [1.82, 2.24) is 0 Å². The molecule has 0 aromatic rings. The van der Waals surface area contributed by atoms with Gasteiger partial charge in [0.25, 0.3) is 0 Å². The zero-order chi connectivity index (χ0) is 61.2. The zero-order valence-electron chi connectivity index (χ0n) is 55.4. The molecule has 0 aliphatic rings. The molecule has 0 bridgehead atoms. The topological polar surface area (TPSA) is 108 Å². The minimum Gasteiger partial charge on any atom is -0.462 e. The van der Waals surface area contributed by atoms with Crippen LogP contribution in [0.3, 0.4) is 0 Å². The van der Waals surface area contributed by atoms with E-state index < -0.39 is 26.5 Å². The molecule has 0 amide bonds. The summed E-state index contributed by atoms with van der Waals surface area (Å²) in [5.41, 5.74) is 0. The maximum atomic E-state index is 12.8. The normalized spacial score (nSPS) is 13.7. The Bertz CT molecular complexity index is 1740. The van der Waals surface area contributed by atoms with Crippen LogP contribution >= 0.6 is 7.82 Å². The number of likely N-dealkylation sites (N-methyl/N-ethyl adjacent to an activating group) is 1. The van der Waals surface area contributed by atoms with E-state index in [1.54, 1.807) is 0 Å². The van der Waals surface area contributed by atoms with Crippen molar-refractivity contribution >= 4 is 19.8 Å². The van der Waals surface area contributed by atoms with Crippen LogP contribution in [0.5, 0.6) is 0 Å². The lowest BCUT2D eigenvalue weighted by atomic mass is 10.0. The lowest BCUT2D eigenvalue weighted by Gasteiger charge is -2.24. The van der Waals surface area contributed by atoms with Gasteiger partial charge in [-0.3, -0.25) is 18.6 Å². The van der Waals surface area contributed by atoms with E-state index in [1.165, 1.54) is 193 Å². The van der Waals surface area contributed by atoms with Gasteiger partial charge in [0.15, 0.2) is 6.10 Å². The molecule has 10 heteroatoms. The van der Waals surface area contributed by atoms with Crippen molar-refractivity contribution in [3.63, 3.8) is 0 Å². The third-order valence-corrected chi connectivity index (χ3v) is 16.1. The summed E-state index contributed by atoms with van der Waals surface area (Å²) in [5.74, 6) is -0.829. The highest BCUT2D eigenvalue weighted by molar-refractivity contribution is 7.47. The van der Waals surface area contributed by atoms with E-state index >= 15 is 0 Å². The van der Waals surface area contributed by atoms with Gasteiger partial charge in [-0.2, -0.15) is 0 Å². The number of hydrogen-bond donors (Lipinski definition) is 1.